The lowest BCUT2D eigenvalue weighted by Crippen LogP contribution is -2.01. The van der Waals surface area contributed by atoms with Gasteiger partial charge in [-0.1, -0.05) is 29.8 Å². The fraction of sp³-hybridized carbons (Fsp3) is 0.308. The molecular weight excluding hydrogens is 172 g/mol. The molecule has 0 aliphatic heterocycles. The monoisotopic (exact) mass is 186 g/mol. The van der Waals surface area contributed by atoms with E-state index in [0.29, 0.717) is 19.3 Å². The maximum Gasteiger partial charge on any atom is 0.138 e. The van der Waals surface area contributed by atoms with Crippen LogP contribution in [0.3, 0.4) is 0 Å². The largest absolute Gasteiger partial charge is 0.299 e. The summed E-state index contributed by atoms with van der Waals surface area (Å²) in [5, 5.41) is 0. The first-order valence-electron chi connectivity index (χ1n) is 4.73. The summed E-state index contributed by atoms with van der Waals surface area (Å²) in [6.45, 7) is 2.03. The van der Waals surface area contributed by atoms with Gasteiger partial charge in [-0.25, -0.2) is 0 Å². The van der Waals surface area contributed by atoms with Crippen LogP contribution in [0.4, 0.5) is 0 Å². The summed E-state index contributed by atoms with van der Waals surface area (Å²) in [5.74, 6) is 2.69. The normalized spacial score (nSPS) is 9.43. The van der Waals surface area contributed by atoms with Gasteiger partial charge in [0.1, 0.15) is 5.78 Å². The van der Waals surface area contributed by atoms with Crippen molar-refractivity contribution < 1.29 is 4.79 Å². The average Bonchev–Trinajstić information content (AvgIpc) is 2.18. The van der Waals surface area contributed by atoms with Gasteiger partial charge >= 0.3 is 0 Å². The zero-order valence-electron chi connectivity index (χ0n) is 8.42. The van der Waals surface area contributed by atoms with Crippen LogP contribution in [-0.2, 0) is 11.2 Å². The molecule has 1 aromatic rings. The zero-order valence-corrected chi connectivity index (χ0v) is 8.42. The molecule has 1 rings (SSSR count). The number of benzene rings is 1. The van der Waals surface area contributed by atoms with Crippen LogP contribution in [0.15, 0.2) is 24.3 Å². The van der Waals surface area contributed by atoms with E-state index in [2.05, 4.69) is 5.92 Å². The standard InChI is InChI=1S/C13H14O/c1-3-4-5-13(14)10-12-8-6-11(2)7-9-12/h1,6-9H,4-5,10H2,2H3. The Bertz CT molecular complexity index is 340. The summed E-state index contributed by atoms with van der Waals surface area (Å²) in [6.07, 6.45) is 6.63. The van der Waals surface area contributed by atoms with Crippen LogP contribution in [0.1, 0.15) is 24.0 Å². The highest BCUT2D eigenvalue weighted by Crippen LogP contribution is 2.05. The van der Waals surface area contributed by atoms with E-state index in [9.17, 15) is 4.79 Å². The van der Waals surface area contributed by atoms with E-state index in [4.69, 9.17) is 6.42 Å². The number of hydrogen-bond acceptors (Lipinski definition) is 1. The molecule has 0 spiro atoms. The number of ketones is 1. The molecule has 0 bridgehead atoms. The number of Topliss-reactive ketones (excluding diaryl/α,β-unsaturated/α-hetero) is 1. The molecule has 0 radical (unpaired) electrons. The Hall–Kier alpha value is -1.55. The van der Waals surface area contributed by atoms with Crippen molar-refractivity contribution in [3.63, 3.8) is 0 Å². The molecule has 0 fully saturated rings. The molecule has 0 aliphatic rings. The lowest BCUT2D eigenvalue weighted by atomic mass is 10.0. The van der Waals surface area contributed by atoms with Crippen molar-refractivity contribution in [2.75, 3.05) is 0 Å². The Kier molecular flexibility index (Phi) is 3.94. The van der Waals surface area contributed by atoms with E-state index in [1.165, 1.54) is 5.56 Å². The minimum absolute atomic E-state index is 0.215. The molecular formula is C13H14O. The number of aryl methyl sites for hydroxylation is 1. The van der Waals surface area contributed by atoms with Crippen molar-refractivity contribution in [3.8, 4) is 12.3 Å². The molecule has 0 atom stereocenters. The minimum atomic E-state index is 0.215. The summed E-state index contributed by atoms with van der Waals surface area (Å²) in [4.78, 5) is 11.4. The fourth-order valence-electron chi connectivity index (χ4n) is 1.23. The Morgan fingerprint density at radius 2 is 2.00 bits per heavy atom. The van der Waals surface area contributed by atoms with E-state index in [0.717, 1.165) is 5.56 Å². The second kappa shape index (κ2) is 5.24. The lowest BCUT2D eigenvalue weighted by molar-refractivity contribution is -0.118. The van der Waals surface area contributed by atoms with E-state index < -0.39 is 0 Å². The number of terminal acetylenes is 1. The quantitative estimate of drug-likeness (QED) is 0.660. The van der Waals surface area contributed by atoms with Gasteiger partial charge in [-0.2, -0.15) is 0 Å². The van der Waals surface area contributed by atoms with Crippen molar-refractivity contribution in [3.05, 3.63) is 35.4 Å². The third-order valence-corrected chi connectivity index (χ3v) is 2.07. The van der Waals surface area contributed by atoms with Crippen LogP contribution < -0.4 is 0 Å². The van der Waals surface area contributed by atoms with Crippen LogP contribution in [0.5, 0.6) is 0 Å². The number of rotatable bonds is 4. The smallest absolute Gasteiger partial charge is 0.138 e. The topological polar surface area (TPSA) is 17.1 Å². The third kappa shape index (κ3) is 3.45. The van der Waals surface area contributed by atoms with Crippen LogP contribution >= 0.6 is 0 Å². The second-order valence-electron chi connectivity index (χ2n) is 3.41. The van der Waals surface area contributed by atoms with Crippen LogP contribution in [0.2, 0.25) is 0 Å². The molecule has 1 heteroatoms. The molecule has 0 heterocycles. The Labute approximate surface area is 85.1 Å². The van der Waals surface area contributed by atoms with Crippen molar-refractivity contribution in [1.82, 2.24) is 0 Å². The van der Waals surface area contributed by atoms with Gasteiger partial charge in [0.25, 0.3) is 0 Å². The van der Waals surface area contributed by atoms with Gasteiger partial charge in [-0.15, -0.1) is 12.3 Å². The molecule has 0 unspecified atom stereocenters. The van der Waals surface area contributed by atoms with Crippen molar-refractivity contribution in [2.45, 2.75) is 26.2 Å². The Morgan fingerprint density at radius 1 is 1.36 bits per heavy atom. The van der Waals surface area contributed by atoms with Gasteiger partial charge in [0, 0.05) is 19.3 Å². The van der Waals surface area contributed by atoms with E-state index in [-0.39, 0.29) is 5.78 Å². The first kappa shape index (κ1) is 10.5. The molecule has 0 aromatic heterocycles. The Morgan fingerprint density at radius 3 is 2.57 bits per heavy atom. The first-order chi connectivity index (χ1) is 6.72. The summed E-state index contributed by atoms with van der Waals surface area (Å²) in [6, 6.07) is 8.01. The molecule has 1 aromatic carbocycles. The van der Waals surface area contributed by atoms with Crippen LogP contribution in [0.25, 0.3) is 0 Å². The van der Waals surface area contributed by atoms with E-state index >= 15 is 0 Å². The number of carbonyl (C=O) groups excluding carboxylic acids is 1. The summed E-state index contributed by atoms with van der Waals surface area (Å²) < 4.78 is 0. The predicted octanol–water partition coefficient (Wildman–Crippen LogP) is 2.52. The molecule has 14 heavy (non-hydrogen) atoms. The van der Waals surface area contributed by atoms with Crippen molar-refractivity contribution in [1.29, 1.82) is 0 Å². The van der Waals surface area contributed by atoms with Gasteiger partial charge in [-0.3, -0.25) is 4.79 Å². The molecule has 0 saturated carbocycles. The van der Waals surface area contributed by atoms with E-state index in [1.807, 2.05) is 31.2 Å². The molecule has 1 nitrogen and oxygen atoms in total. The average molecular weight is 186 g/mol. The highest BCUT2D eigenvalue weighted by Gasteiger charge is 2.01. The zero-order chi connectivity index (χ0) is 10.4. The highest BCUT2D eigenvalue weighted by atomic mass is 16.1. The van der Waals surface area contributed by atoms with Crippen LogP contribution in [-0.4, -0.2) is 5.78 Å². The predicted molar refractivity (Wildman–Crippen MR) is 58.0 cm³/mol. The van der Waals surface area contributed by atoms with Gasteiger partial charge in [0.2, 0.25) is 0 Å². The van der Waals surface area contributed by atoms with Gasteiger partial charge < -0.3 is 0 Å². The van der Waals surface area contributed by atoms with E-state index in [1.54, 1.807) is 0 Å². The number of hydrogen-bond donors (Lipinski definition) is 0. The molecule has 0 N–H and O–H groups in total. The lowest BCUT2D eigenvalue weighted by Gasteiger charge is -1.99. The summed E-state index contributed by atoms with van der Waals surface area (Å²) >= 11 is 0. The maximum absolute atomic E-state index is 11.4. The fourth-order valence-corrected chi connectivity index (χ4v) is 1.23. The maximum atomic E-state index is 11.4. The number of carbonyl (C=O) groups is 1. The minimum Gasteiger partial charge on any atom is -0.299 e. The molecule has 0 aliphatic carbocycles. The van der Waals surface area contributed by atoms with Crippen molar-refractivity contribution in [2.24, 2.45) is 0 Å². The van der Waals surface area contributed by atoms with Gasteiger partial charge in [0.05, 0.1) is 0 Å². The van der Waals surface area contributed by atoms with Crippen LogP contribution in [0, 0.1) is 19.3 Å². The van der Waals surface area contributed by atoms with Crippen molar-refractivity contribution >= 4 is 5.78 Å². The SMILES string of the molecule is C#CCCC(=O)Cc1ccc(C)cc1. The molecule has 0 saturated heterocycles. The van der Waals surface area contributed by atoms with Gasteiger partial charge in [0.15, 0.2) is 0 Å². The third-order valence-electron chi connectivity index (χ3n) is 2.07. The first-order valence-corrected chi connectivity index (χ1v) is 4.73. The summed E-state index contributed by atoms with van der Waals surface area (Å²) in [5.41, 5.74) is 2.28. The molecule has 72 valence electrons. The second-order valence-corrected chi connectivity index (χ2v) is 3.41. The Balaban J connectivity index is 2.49. The molecule has 0 amide bonds. The van der Waals surface area contributed by atoms with Gasteiger partial charge in [-0.05, 0) is 12.5 Å². The summed E-state index contributed by atoms with van der Waals surface area (Å²) in [7, 11) is 0. The highest BCUT2D eigenvalue weighted by molar-refractivity contribution is 5.81.